The van der Waals surface area contributed by atoms with Gasteiger partial charge in [-0.1, -0.05) is 13.3 Å². The largest absolute Gasteiger partial charge is 0.479 e. The van der Waals surface area contributed by atoms with Gasteiger partial charge in [0.25, 0.3) is 0 Å². The van der Waals surface area contributed by atoms with Crippen LogP contribution < -0.4 is 0 Å². The van der Waals surface area contributed by atoms with Gasteiger partial charge in [0.2, 0.25) is 5.91 Å². The lowest BCUT2D eigenvalue weighted by atomic mass is 9.74. The zero-order valence-electron chi connectivity index (χ0n) is 11.0. The Hall–Kier alpha value is -1.06. The van der Waals surface area contributed by atoms with Crippen molar-refractivity contribution in [2.75, 3.05) is 6.54 Å². The van der Waals surface area contributed by atoms with Gasteiger partial charge in [0.05, 0.1) is 0 Å². The molecule has 0 aromatic carbocycles. The standard InChI is InChI=1S/C13H23NO3/c1-4-11-6-8-13(9-7-11,12(16)17)14(5-2)10(3)15/h11H,4-9H2,1-3H3,(H,16,17). The van der Waals surface area contributed by atoms with E-state index in [-0.39, 0.29) is 5.91 Å². The van der Waals surface area contributed by atoms with Crippen LogP contribution in [0.1, 0.15) is 52.9 Å². The average Bonchev–Trinajstić information content (AvgIpc) is 2.30. The number of hydrogen-bond acceptors (Lipinski definition) is 2. The fourth-order valence-electron chi connectivity index (χ4n) is 2.99. The Morgan fingerprint density at radius 3 is 2.12 bits per heavy atom. The number of carbonyl (C=O) groups excluding carboxylic acids is 1. The molecular formula is C13H23NO3. The quantitative estimate of drug-likeness (QED) is 0.821. The Kier molecular flexibility index (Phi) is 4.54. The van der Waals surface area contributed by atoms with Crippen LogP contribution >= 0.6 is 0 Å². The molecule has 0 aliphatic heterocycles. The average molecular weight is 241 g/mol. The maximum atomic E-state index is 11.6. The Morgan fingerprint density at radius 2 is 1.82 bits per heavy atom. The number of nitrogens with zero attached hydrogens (tertiary/aromatic N) is 1. The fraction of sp³-hybridized carbons (Fsp3) is 0.846. The SMILES string of the molecule is CCC1CCC(C(=O)O)(N(CC)C(C)=O)CC1. The molecule has 0 aromatic rings. The van der Waals surface area contributed by atoms with Gasteiger partial charge in [-0.15, -0.1) is 0 Å². The van der Waals surface area contributed by atoms with Crippen LogP contribution in [-0.4, -0.2) is 34.0 Å². The van der Waals surface area contributed by atoms with Crippen molar-refractivity contribution in [3.63, 3.8) is 0 Å². The molecule has 17 heavy (non-hydrogen) atoms. The van der Waals surface area contributed by atoms with Crippen LogP contribution in [0.3, 0.4) is 0 Å². The molecule has 98 valence electrons. The smallest absolute Gasteiger partial charge is 0.329 e. The zero-order valence-corrected chi connectivity index (χ0v) is 11.0. The minimum Gasteiger partial charge on any atom is -0.479 e. The molecule has 0 unspecified atom stereocenters. The first kappa shape index (κ1) is 14.0. The van der Waals surface area contributed by atoms with E-state index in [9.17, 15) is 14.7 Å². The summed E-state index contributed by atoms with van der Waals surface area (Å²) in [7, 11) is 0. The number of aliphatic carboxylic acids is 1. The van der Waals surface area contributed by atoms with Gasteiger partial charge < -0.3 is 10.0 Å². The molecule has 0 bridgehead atoms. The van der Waals surface area contributed by atoms with Crippen molar-refractivity contribution < 1.29 is 14.7 Å². The van der Waals surface area contributed by atoms with Gasteiger partial charge in [-0.05, 0) is 38.5 Å². The van der Waals surface area contributed by atoms with Gasteiger partial charge in [-0.25, -0.2) is 4.79 Å². The Bertz CT molecular complexity index is 293. The summed E-state index contributed by atoms with van der Waals surface area (Å²) in [6, 6.07) is 0. The van der Waals surface area contributed by atoms with Crippen LogP contribution in [0.4, 0.5) is 0 Å². The summed E-state index contributed by atoms with van der Waals surface area (Å²) in [5.41, 5.74) is -0.952. The zero-order chi connectivity index (χ0) is 13.1. The first-order valence-electron chi connectivity index (χ1n) is 6.49. The van der Waals surface area contributed by atoms with E-state index in [1.165, 1.54) is 11.8 Å². The molecule has 1 saturated carbocycles. The summed E-state index contributed by atoms with van der Waals surface area (Å²) >= 11 is 0. The van der Waals surface area contributed by atoms with Crippen molar-refractivity contribution in [1.82, 2.24) is 4.90 Å². The Balaban J connectivity index is 2.92. The van der Waals surface area contributed by atoms with Gasteiger partial charge in [0.15, 0.2) is 0 Å². The minimum atomic E-state index is -0.952. The Morgan fingerprint density at radius 1 is 1.29 bits per heavy atom. The van der Waals surface area contributed by atoms with E-state index in [2.05, 4.69) is 6.92 Å². The number of rotatable bonds is 4. The minimum absolute atomic E-state index is 0.134. The van der Waals surface area contributed by atoms with Crippen LogP contribution in [0, 0.1) is 5.92 Å². The normalized spacial score (nSPS) is 28.8. The highest BCUT2D eigenvalue weighted by Crippen LogP contribution is 2.38. The molecule has 0 atom stereocenters. The summed E-state index contributed by atoms with van der Waals surface area (Å²) in [5, 5.41) is 9.50. The van der Waals surface area contributed by atoms with Crippen molar-refractivity contribution in [2.45, 2.75) is 58.4 Å². The van der Waals surface area contributed by atoms with E-state index in [1.54, 1.807) is 0 Å². The summed E-state index contributed by atoms with van der Waals surface area (Å²) in [5.74, 6) is -0.359. The van der Waals surface area contributed by atoms with E-state index in [1.807, 2.05) is 6.92 Å². The maximum absolute atomic E-state index is 11.6. The molecular weight excluding hydrogens is 218 g/mol. The van der Waals surface area contributed by atoms with E-state index in [0.29, 0.717) is 25.3 Å². The van der Waals surface area contributed by atoms with Crippen molar-refractivity contribution in [2.24, 2.45) is 5.92 Å². The number of carboxylic acid groups (broad SMARTS) is 1. The first-order valence-corrected chi connectivity index (χ1v) is 6.49. The number of carboxylic acids is 1. The van der Waals surface area contributed by atoms with Crippen molar-refractivity contribution in [1.29, 1.82) is 0 Å². The molecule has 0 radical (unpaired) electrons. The highest BCUT2D eigenvalue weighted by Gasteiger charge is 2.47. The van der Waals surface area contributed by atoms with Crippen LogP contribution in [0.25, 0.3) is 0 Å². The molecule has 1 aliphatic rings. The predicted octanol–water partition coefficient (Wildman–Crippen LogP) is 2.28. The van der Waals surface area contributed by atoms with Gasteiger partial charge in [0, 0.05) is 13.5 Å². The van der Waals surface area contributed by atoms with Gasteiger partial charge in [-0.3, -0.25) is 4.79 Å². The van der Waals surface area contributed by atoms with Crippen molar-refractivity contribution >= 4 is 11.9 Å². The lowest BCUT2D eigenvalue weighted by Gasteiger charge is -2.44. The lowest BCUT2D eigenvalue weighted by Crippen LogP contribution is -2.58. The molecule has 0 heterocycles. The summed E-state index contributed by atoms with van der Waals surface area (Å²) in [6.07, 6.45) is 4.10. The third-order valence-corrected chi connectivity index (χ3v) is 4.12. The third kappa shape index (κ3) is 2.61. The molecule has 1 aliphatic carbocycles. The van der Waals surface area contributed by atoms with E-state index >= 15 is 0 Å². The molecule has 1 amide bonds. The van der Waals surface area contributed by atoms with Crippen LogP contribution in [0.5, 0.6) is 0 Å². The van der Waals surface area contributed by atoms with E-state index < -0.39 is 11.5 Å². The second-order valence-electron chi connectivity index (χ2n) is 4.95. The predicted molar refractivity (Wildman–Crippen MR) is 65.7 cm³/mol. The molecule has 0 spiro atoms. The molecule has 1 N–H and O–H groups in total. The molecule has 1 rings (SSSR count). The van der Waals surface area contributed by atoms with Crippen LogP contribution in [0.2, 0.25) is 0 Å². The van der Waals surface area contributed by atoms with E-state index in [4.69, 9.17) is 0 Å². The summed E-state index contributed by atoms with van der Waals surface area (Å²) in [4.78, 5) is 24.7. The number of hydrogen-bond donors (Lipinski definition) is 1. The molecule has 4 heteroatoms. The number of likely N-dealkylation sites (N-methyl/N-ethyl adjacent to an activating group) is 1. The first-order chi connectivity index (χ1) is 7.97. The molecule has 0 aromatic heterocycles. The van der Waals surface area contributed by atoms with Crippen molar-refractivity contribution in [3.05, 3.63) is 0 Å². The highest BCUT2D eigenvalue weighted by atomic mass is 16.4. The second kappa shape index (κ2) is 5.52. The van der Waals surface area contributed by atoms with Gasteiger partial charge in [0.1, 0.15) is 5.54 Å². The number of amides is 1. The third-order valence-electron chi connectivity index (χ3n) is 4.12. The Labute approximate surface area is 103 Å². The summed E-state index contributed by atoms with van der Waals surface area (Å²) in [6.45, 7) is 5.91. The number of carbonyl (C=O) groups is 2. The van der Waals surface area contributed by atoms with Crippen LogP contribution in [-0.2, 0) is 9.59 Å². The highest BCUT2D eigenvalue weighted by molar-refractivity contribution is 5.86. The topological polar surface area (TPSA) is 57.6 Å². The summed E-state index contributed by atoms with van der Waals surface area (Å²) < 4.78 is 0. The second-order valence-corrected chi connectivity index (χ2v) is 4.95. The maximum Gasteiger partial charge on any atom is 0.329 e. The molecule has 1 fully saturated rings. The van der Waals surface area contributed by atoms with Crippen LogP contribution in [0.15, 0.2) is 0 Å². The monoisotopic (exact) mass is 241 g/mol. The lowest BCUT2D eigenvalue weighted by molar-refractivity contribution is -0.161. The van der Waals surface area contributed by atoms with Gasteiger partial charge in [-0.2, -0.15) is 0 Å². The fourth-order valence-corrected chi connectivity index (χ4v) is 2.99. The molecule has 0 saturated heterocycles. The molecule has 4 nitrogen and oxygen atoms in total. The van der Waals surface area contributed by atoms with E-state index in [0.717, 1.165) is 19.3 Å². The van der Waals surface area contributed by atoms with Crippen molar-refractivity contribution in [3.8, 4) is 0 Å². The van der Waals surface area contributed by atoms with Gasteiger partial charge >= 0.3 is 5.97 Å².